The maximum Gasteiger partial charge on any atom is 0.236 e. The third kappa shape index (κ3) is 3.99. The zero-order chi connectivity index (χ0) is 19.7. The van der Waals surface area contributed by atoms with Gasteiger partial charge in [0.05, 0.1) is 18.3 Å². The van der Waals surface area contributed by atoms with Gasteiger partial charge in [0, 0.05) is 57.6 Å². The molecule has 0 radical (unpaired) electrons. The summed E-state index contributed by atoms with van der Waals surface area (Å²) in [5.74, 6) is 0.408. The second-order valence-corrected chi connectivity index (χ2v) is 8.25. The van der Waals surface area contributed by atoms with E-state index in [4.69, 9.17) is 4.98 Å². The van der Waals surface area contributed by atoms with Crippen LogP contribution in [0.3, 0.4) is 0 Å². The largest absolute Gasteiger partial charge is 0.368 e. The smallest absolute Gasteiger partial charge is 0.236 e. The van der Waals surface area contributed by atoms with E-state index < -0.39 is 0 Å². The molecule has 3 aliphatic rings. The van der Waals surface area contributed by atoms with E-state index in [1.165, 1.54) is 5.69 Å². The highest BCUT2D eigenvalue weighted by atomic mass is 16.2. The molecular formula is C21H31N5O2. The van der Waals surface area contributed by atoms with Crippen LogP contribution in [0.25, 0.3) is 0 Å². The molecule has 1 unspecified atom stereocenters. The maximum absolute atomic E-state index is 12.4. The Balaban J connectivity index is 1.47. The Morgan fingerprint density at radius 2 is 1.75 bits per heavy atom. The quantitative estimate of drug-likeness (QED) is 0.785. The highest BCUT2D eigenvalue weighted by Gasteiger charge is 2.32. The summed E-state index contributed by atoms with van der Waals surface area (Å²) in [4.78, 5) is 37.4. The van der Waals surface area contributed by atoms with Gasteiger partial charge in [-0.1, -0.05) is 0 Å². The fraction of sp³-hybridized carbons (Fsp3) is 0.667. The number of rotatable bonds is 4. The van der Waals surface area contributed by atoms with Crippen molar-refractivity contribution >= 4 is 17.5 Å². The van der Waals surface area contributed by atoms with E-state index in [9.17, 15) is 9.59 Å². The minimum absolute atomic E-state index is 0.153. The molecule has 3 fully saturated rings. The van der Waals surface area contributed by atoms with Gasteiger partial charge in [-0.15, -0.1) is 0 Å². The predicted molar refractivity (Wildman–Crippen MR) is 108 cm³/mol. The molecule has 152 valence electrons. The molecule has 1 atom stereocenters. The summed E-state index contributed by atoms with van der Waals surface area (Å²) in [6, 6.07) is 4.56. The number of likely N-dealkylation sites (tertiary alicyclic amines) is 2. The van der Waals surface area contributed by atoms with Gasteiger partial charge >= 0.3 is 0 Å². The third-order valence-corrected chi connectivity index (χ3v) is 6.30. The Hall–Kier alpha value is -2.15. The summed E-state index contributed by atoms with van der Waals surface area (Å²) < 4.78 is 0. The zero-order valence-corrected chi connectivity index (χ0v) is 17.1. The molecule has 2 amide bonds. The number of aryl methyl sites for hydroxylation is 1. The van der Waals surface area contributed by atoms with Crippen LogP contribution in [-0.4, -0.2) is 83.9 Å². The number of nitrogens with zero attached hydrogens (tertiary/aromatic N) is 5. The lowest BCUT2D eigenvalue weighted by Crippen LogP contribution is -2.48. The van der Waals surface area contributed by atoms with Gasteiger partial charge in [0.1, 0.15) is 0 Å². The highest BCUT2D eigenvalue weighted by Crippen LogP contribution is 2.33. The Morgan fingerprint density at radius 3 is 2.39 bits per heavy atom. The number of piperazine rings is 1. The van der Waals surface area contributed by atoms with E-state index in [1.807, 2.05) is 16.7 Å². The molecule has 4 rings (SSSR count). The molecule has 1 aromatic rings. The molecule has 3 aliphatic heterocycles. The summed E-state index contributed by atoms with van der Waals surface area (Å²) in [6.07, 6.45) is 3.30. The Labute approximate surface area is 167 Å². The minimum atomic E-state index is 0.153. The van der Waals surface area contributed by atoms with Gasteiger partial charge in [-0.05, 0) is 44.9 Å². The van der Waals surface area contributed by atoms with Crippen molar-refractivity contribution in [1.29, 1.82) is 0 Å². The van der Waals surface area contributed by atoms with Crippen LogP contribution in [0.15, 0.2) is 12.1 Å². The number of pyridine rings is 1. The van der Waals surface area contributed by atoms with Crippen molar-refractivity contribution in [2.75, 3.05) is 57.3 Å². The van der Waals surface area contributed by atoms with Crippen molar-refractivity contribution in [1.82, 2.24) is 19.7 Å². The number of carbonyl (C=O) groups is 2. The molecule has 0 aliphatic carbocycles. The van der Waals surface area contributed by atoms with Crippen LogP contribution in [0.2, 0.25) is 0 Å². The van der Waals surface area contributed by atoms with E-state index in [1.54, 1.807) is 6.92 Å². The van der Waals surface area contributed by atoms with Gasteiger partial charge in [-0.25, -0.2) is 0 Å². The molecule has 28 heavy (non-hydrogen) atoms. The van der Waals surface area contributed by atoms with E-state index >= 15 is 0 Å². The average molecular weight is 386 g/mol. The average Bonchev–Trinajstić information content (AvgIpc) is 3.08. The van der Waals surface area contributed by atoms with Crippen molar-refractivity contribution < 1.29 is 9.59 Å². The molecule has 1 aromatic heterocycles. The first-order valence-corrected chi connectivity index (χ1v) is 10.5. The number of aromatic nitrogens is 1. The Kier molecular flexibility index (Phi) is 5.53. The third-order valence-electron chi connectivity index (χ3n) is 6.30. The van der Waals surface area contributed by atoms with Crippen LogP contribution < -0.4 is 4.90 Å². The lowest BCUT2D eigenvalue weighted by Gasteiger charge is -2.36. The van der Waals surface area contributed by atoms with Crippen LogP contribution in [0.1, 0.15) is 43.6 Å². The molecule has 7 nitrogen and oxygen atoms in total. The monoisotopic (exact) mass is 385 g/mol. The standard InChI is InChI=1S/C21H31N5O2/c1-16-13-18(24-11-9-23(10-12-24)17(2)27)14-19(22-16)20-5-3-6-26(20)15-21(28)25-7-4-8-25/h13-14,20H,3-12,15H2,1-2H3. The van der Waals surface area contributed by atoms with Crippen LogP contribution in [0.4, 0.5) is 5.69 Å². The summed E-state index contributed by atoms with van der Waals surface area (Å²) in [5.41, 5.74) is 3.28. The van der Waals surface area contributed by atoms with Crippen molar-refractivity contribution in [2.24, 2.45) is 0 Å². The second-order valence-electron chi connectivity index (χ2n) is 8.25. The number of hydrogen-bond donors (Lipinski definition) is 0. The van der Waals surface area contributed by atoms with E-state index in [0.717, 1.165) is 76.5 Å². The Morgan fingerprint density at radius 1 is 1.00 bits per heavy atom. The van der Waals surface area contributed by atoms with Crippen LogP contribution in [-0.2, 0) is 9.59 Å². The Bertz CT molecular complexity index is 740. The molecule has 0 spiro atoms. The van der Waals surface area contributed by atoms with Crippen molar-refractivity contribution in [3.05, 3.63) is 23.5 Å². The molecule has 0 aromatic carbocycles. The highest BCUT2D eigenvalue weighted by molar-refractivity contribution is 5.79. The molecule has 7 heteroatoms. The fourth-order valence-corrected chi connectivity index (χ4v) is 4.50. The SMILES string of the molecule is CC(=O)N1CCN(c2cc(C)nc(C3CCCN3CC(=O)N3CCC3)c2)CC1. The van der Waals surface area contributed by atoms with E-state index in [-0.39, 0.29) is 17.9 Å². The van der Waals surface area contributed by atoms with Crippen molar-refractivity contribution in [2.45, 2.75) is 39.2 Å². The van der Waals surface area contributed by atoms with Gasteiger partial charge in [-0.3, -0.25) is 19.5 Å². The van der Waals surface area contributed by atoms with Crippen LogP contribution in [0.5, 0.6) is 0 Å². The summed E-state index contributed by atoms with van der Waals surface area (Å²) >= 11 is 0. The number of anilines is 1. The van der Waals surface area contributed by atoms with Crippen molar-refractivity contribution in [3.8, 4) is 0 Å². The first-order chi connectivity index (χ1) is 13.5. The van der Waals surface area contributed by atoms with E-state index in [0.29, 0.717) is 6.54 Å². The summed E-state index contributed by atoms with van der Waals surface area (Å²) in [6.45, 7) is 10.2. The first kappa shape index (κ1) is 19.2. The molecule has 0 bridgehead atoms. The van der Waals surface area contributed by atoms with Gasteiger partial charge in [-0.2, -0.15) is 0 Å². The number of carbonyl (C=O) groups excluding carboxylic acids is 2. The molecule has 3 saturated heterocycles. The summed E-state index contributed by atoms with van der Waals surface area (Å²) in [5, 5.41) is 0. The van der Waals surface area contributed by atoms with Crippen molar-refractivity contribution in [3.63, 3.8) is 0 Å². The van der Waals surface area contributed by atoms with Gasteiger partial charge in [0.25, 0.3) is 0 Å². The summed E-state index contributed by atoms with van der Waals surface area (Å²) in [7, 11) is 0. The maximum atomic E-state index is 12.4. The van der Waals surface area contributed by atoms with E-state index in [2.05, 4.69) is 21.9 Å². The molecule has 0 saturated carbocycles. The fourth-order valence-electron chi connectivity index (χ4n) is 4.50. The minimum Gasteiger partial charge on any atom is -0.368 e. The lowest BCUT2D eigenvalue weighted by molar-refractivity contribution is -0.136. The second kappa shape index (κ2) is 8.07. The molecular weight excluding hydrogens is 354 g/mol. The number of hydrogen-bond acceptors (Lipinski definition) is 5. The van der Waals surface area contributed by atoms with Crippen LogP contribution >= 0.6 is 0 Å². The van der Waals surface area contributed by atoms with Crippen LogP contribution in [0, 0.1) is 6.92 Å². The lowest BCUT2D eigenvalue weighted by atomic mass is 10.1. The first-order valence-electron chi connectivity index (χ1n) is 10.5. The predicted octanol–water partition coefficient (Wildman–Crippen LogP) is 1.43. The topological polar surface area (TPSA) is 60.0 Å². The zero-order valence-electron chi connectivity index (χ0n) is 17.1. The van der Waals surface area contributed by atoms with Gasteiger partial charge in [0.2, 0.25) is 11.8 Å². The molecule has 4 heterocycles. The molecule has 0 N–H and O–H groups in total. The number of amides is 2. The van der Waals surface area contributed by atoms with Gasteiger partial charge in [0.15, 0.2) is 0 Å². The normalized spacial score (nSPS) is 23.1. The van der Waals surface area contributed by atoms with Gasteiger partial charge < -0.3 is 14.7 Å².